The van der Waals surface area contributed by atoms with Crippen LogP contribution in [0.4, 0.5) is 0 Å². The van der Waals surface area contributed by atoms with Gasteiger partial charge in [-0.2, -0.15) is 5.10 Å². The number of amidine groups is 1. The largest absolute Gasteiger partial charge is 0.290 e. The van der Waals surface area contributed by atoms with Gasteiger partial charge in [-0.3, -0.25) is 20.8 Å². The highest BCUT2D eigenvalue weighted by atomic mass is 16.5. The molecule has 0 aliphatic rings. The number of aryl methyl sites for hydroxylation is 1. The minimum absolute atomic E-state index is 0.0967. The highest BCUT2D eigenvalue weighted by Gasteiger charge is 2.00. The van der Waals surface area contributed by atoms with Crippen molar-refractivity contribution in [2.45, 2.75) is 0 Å². The molecule has 0 amide bonds. The Balaban J connectivity index is 2.85. The molecule has 5 heteroatoms. The SMILES string of the molecule is Cn1ccc(C(=N)NO)n1. The van der Waals surface area contributed by atoms with Crippen molar-refractivity contribution in [3.63, 3.8) is 0 Å². The van der Waals surface area contributed by atoms with E-state index in [2.05, 4.69) is 5.10 Å². The van der Waals surface area contributed by atoms with Crippen molar-refractivity contribution in [3.8, 4) is 0 Å². The van der Waals surface area contributed by atoms with Crippen molar-refractivity contribution in [2.75, 3.05) is 0 Å². The second-order valence-electron chi connectivity index (χ2n) is 1.86. The Morgan fingerprint density at radius 3 is 3.00 bits per heavy atom. The standard InChI is InChI=1S/C5H8N4O/c1-9-3-2-4(7-9)5(6)8-10/h2-3,10H,1H3,(H2,6,8). The molecule has 0 saturated carbocycles. The van der Waals surface area contributed by atoms with Crippen LogP contribution in [0.5, 0.6) is 0 Å². The Kier molecular flexibility index (Phi) is 1.68. The molecule has 1 heterocycles. The number of hydrogen-bond acceptors (Lipinski definition) is 3. The van der Waals surface area contributed by atoms with Gasteiger partial charge in [-0.1, -0.05) is 0 Å². The third kappa shape index (κ3) is 1.14. The van der Waals surface area contributed by atoms with E-state index in [0.717, 1.165) is 0 Å². The summed E-state index contributed by atoms with van der Waals surface area (Å²) in [6, 6.07) is 1.63. The Labute approximate surface area is 57.8 Å². The highest BCUT2D eigenvalue weighted by molar-refractivity contribution is 5.93. The average molecular weight is 140 g/mol. The van der Waals surface area contributed by atoms with Gasteiger partial charge in [0.05, 0.1) is 0 Å². The van der Waals surface area contributed by atoms with Crippen LogP contribution in [0.1, 0.15) is 5.69 Å². The molecule has 0 radical (unpaired) electrons. The zero-order valence-electron chi connectivity index (χ0n) is 5.50. The Bertz CT molecular complexity index is 242. The summed E-state index contributed by atoms with van der Waals surface area (Å²) in [5, 5.41) is 19.2. The van der Waals surface area contributed by atoms with Gasteiger partial charge in [0.1, 0.15) is 5.69 Å². The quantitative estimate of drug-likeness (QED) is 0.285. The van der Waals surface area contributed by atoms with E-state index in [1.807, 2.05) is 0 Å². The summed E-state index contributed by atoms with van der Waals surface area (Å²) in [5.74, 6) is -0.0967. The number of aromatic nitrogens is 2. The van der Waals surface area contributed by atoms with Gasteiger partial charge in [-0.05, 0) is 6.07 Å². The lowest BCUT2D eigenvalue weighted by Gasteiger charge is -1.93. The van der Waals surface area contributed by atoms with Crippen LogP contribution in [0.3, 0.4) is 0 Å². The van der Waals surface area contributed by atoms with E-state index in [1.165, 1.54) is 0 Å². The van der Waals surface area contributed by atoms with Crippen LogP contribution in [0.25, 0.3) is 0 Å². The molecule has 0 aliphatic carbocycles. The van der Waals surface area contributed by atoms with Crippen LogP contribution in [-0.4, -0.2) is 20.8 Å². The third-order valence-corrected chi connectivity index (χ3v) is 1.08. The van der Waals surface area contributed by atoms with Gasteiger partial charge < -0.3 is 0 Å². The molecule has 0 aromatic carbocycles. The fourth-order valence-electron chi connectivity index (χ4n) is 0.606. The van der Waals surface area contributed by atoms with Gasteiger partial charge in [0.2, 0.25) is 0 Å². The second kappa shape index (κ2) is 2.49. The maximum Gasteiger partial charge on any atom is 0.170 e. The molecule has 1 rings (SSSR count). The van der Waals surface area contributed by atoms with Crippen LogP contribution in [-0.2, 0) is 7.05 Å². The molecule has 0 atom stereocenters. The molecule has 54 valence electrons. The molecule has 10 heavy (non-hydrogen) atoms. The summed E-state index contributed by atoms with van der Waals surface area (Å²) in [6.45, 7) is 0. The van der Waals surface area contributed by atoms with Crippen molar-refractivity contribution in [2.24, 2.45) is 7.05 Å². The minimum Gasteiger partial charge on any atom is -0.290 e. The number of hydrogen-bond donors (Lipinski definition) is 3. The van der Waals surface area contributed by atoms with Gasteiger partial charge >= 0.3 is 0 Å². The zero-order chi connectivity index (χ0) is 7.56. The lowest BCUT2D eigenvalue weighted by Crippen LogP contribution is -2.19. The van der Waals surface area contributed by atoms with Crippen molar-refractivity contribution in [3.05, 3.63) is 18.0 Å². The predicted octanol–water partition coefficient (Wildman–Crippen LogP) is -0.276. The number of hydroxylamine groups is 1. The van der Waals surface area contributed by atoms with E-state index < -0.39 is 0 Å². The van der Waals surface area contributed by atoms with Crippen molar-refractivity contribution in [1.29, 1.82) is 5.41 Å². The van der Waals surface area contributed by atoms with Gasteiger partial charge in [0, 0.05) is 13.2 Å². The summed E-state index contributed by atoms with van der Waals surface area (Å²) in [4.78, 5) is 0. The monoisotopic (exact) mass is 140 g/mol. The fourth-order valence-corrected chi connectivity index (χ4v) is 0.606. The first-order valence-electron chi connectivity index (χ1n) is 2.72. The average Bonchev–Trinajstić information content (AvgIpc) is 2.34. The normalized spacial score (nSPS) is 9.40. The van der Waals surface area contributed by atoms with Gasteiger partial charge in [-0.25, -0.2) is 0 Å². The van der Waals surface area contributed by atoms with Crippen molar-refractivity contribution >= 4 is 5.84 Å². The lowest BCUT2D eigenvalue weighted by atomic mass is 10.4. The summed E-state index contributed by atoms with van der Waals surface area (Å²) in [5.41, 5.74) is 2.12. The first-order valence-corrected chi connectivity index (χ1v) is 2.72. The van der Waals surface area contributed by atoms with Gasteiger partial charge in [0.15, 0.2) is 5.84 Å². The van der Waals surface area contributed by atoms with Crippen LogP contribution >= 0.6 is 0 Å². The second-order valence-corrected chi connectivity index (χ2v) is 1.86. The number of rotatable bonds is 1. The Morgan fingerprint density at radius 1 is 1.90 bits per heavy atom. The van der Waals surface area contributed by atoms with E-state index >= 15 is 0 Å². The molecule has 1 aromatic heterocycles. The molecule has 0 fully saturated rings. The summed E-state index contributed by atoms with van der Waals surface area (Å²) in [7, 11) is 1.74. The van der Waals surface area contributed by atoms with E-state index in [4.69, 9.17) is 10.6 Å². The first-order chi connectivity index (χ1) is 4.74. The van der Waals surface area contributed by atoms with Crippen LogP contribution < -0.4 is 5.48 Å². The van der Waals surface area contributed by atoms with Gasteiger partial charge in [0.25, 0.3) is 0 Å². The molecule has 5 nitrogen and oxygen atoms in total. The minimum atomic E-state index is -0.0967. The molecule has 1 aromatic rings. The Morgan fingerprint density at radius 2 is 2.60 bits per heavy atom. The van der Waals surface area contributed by atoms with Crippen molar-refractivity contribution in [1.82, 2.24) is 15.3 Å². The fraction of sp³-hybridized carbons (Fsp3) is 0.200. The van der Waals surface area contributed by atoms with E-state index in [0.29, 0.717) is 5.69 Å². The van der Waals surface area contributed by atoms with Crippen LogP contribution in [0.15, 0.2) is 12.3 Å². The molecule has 0 unspecified atom stereocenters. The molecular weight excluding hydrogens is 132 g/mol. The summed E-state index contributed by atoms with van der Waals surface area (Å²) < 4.78 is 1.56. The topological polar surface area (TPSA) is 73.9 Å². The third-order valence-electron chi connectivity index (χ3n) is 1.08. The van der Waals surface area contributed by atoms with E-state index in [1.54, 1.807) is 29.5 Å². The molecule has 0 aliphatic heterocycles. The predicted molar refractivity (Wildman–Crippen MR) is 35.0 cm³/mol. The zero-order valence-corrected chi connectivity index (χ0v) is 5.50. The molecule has 3 N–H and O–H groups in total. The summed E-state index contributed by atoms with van der Waals surface area (Å²) >= 11 is 0. The van der Waals surface area contributed by atoms with E-state index in [-0.39, 0.29) is 5.84 Å². The Hall–Kier alpha value is -1.36. The molecular formula is C5H8N4O. The number of nitrogens with zero attached hydrogens (tertiary/aromatic N) is 2. The smallest absolute Gasteiger partial charge is 0.170 e. The summed E-state index contributed by atoms with van der Waals surface area (Å²) in [6.07, 6.45) is 1.70. The number of nitrogens with one attached hydrogen (secondary N) is 2. The maximum atomic E-state index is 8.27. The van der Waals surface area contributed by atoms with Crippen molar-refractivity contribution < 1.29 is 5.21 Å². The molecule has 0 saturated heterocycles. The lowest BCUT2D eigenvalue weighted by molar-refractivity contribution is 0.234. The maximum absolute atomic E-state index is 8.27. The first kappa shape index (κ1) is 6.76. The molecule has 0 bridgehead atoms. The highest BCUT2D eigenvalue weighted by Crippen LogP contribution is 1.91. The van der Waals surface area contributed by atoms with E-state index in [9.17, 15) is 0 Å². The molecule has 0 spiro atoms. The van der Waals surface area contributed by atoms with Gasteiger partial charge in [-0.15, -0.1) is 0 Å². The van der Waals surface area contributed by atoms with Crippen LogP contribution in [0.2, 0.25) is 0 Å². The van der Waals surface area contributed by atoms with Crippen LogP contribution in [0, 0.1) is 5.41 Å².